The molecule has 0 aromatic carbocycles. The zero-order chi connectivity index (χ0) is 12.4. The van der Waals surface area contributed by atoms with E-state index in [0.717, 1.165) is 25.1 Å². The number of amides is 1. The number of nitrogens with zero attached hydrogens (tertiary/aromatic N) is 2. The summed E-state index contributed by atoms with van der Waals surface area (Å²) >= 11 is 0. The second-order valence-corrected chi connectivity index (χ2v) is 5.82. The summed E-state index contributed by atoms with van der Waals surface area (Å²) in [7, 11) is 0. The number of aromatic nitrogens is 1. The van der Waals surface area contributed by atoms with Gasteiger partial charge in [0, 0.05) is 37.3 Å². The van der Waals surface area contributed by atoms with Crippen LogP contribution >= 0.6 is 0 Å². The molecule has 3 heteroatoms. The molecule has 3 nitrogen and oxygen atoms in total. The van der Waals surface area contributed by atoms with Crippen LogP contribution in [0, 0.1) is 5.41 Å². The molecular weight excluding hydrogens is 224 g/mol. The third-order valence-corrected chi connectivity index (χ3v) is 4.42. The Labute approximate surface area is 108 Å². The zero-order valence-corrected chi connectivity index (χ0v) is 10.8. The van der Waals surface area contributed by atoms with Gasteiger partial charge in [0.05, 0.1) is 0 Å². The molecule has 0 bridgehead atoms. The molecule has 1 spiro atoms. The first kappa shape index (κ1) is 11.7. The first-order chi connectivity index (χ1) is 8.77. The van der Waals surface area contributed by atoms with Crippen molar-refractivity contribution in [3.63, 3.8) is 0 Å². The van der Waals surface area contributed by atoms with Gasteiger partial charge in [-0.3, -0.25) is 9.78 Å². The highest BCUT2D eigenvalue weighted by atomic mass is 16.2. The molecule has 96 valence electrons. The van der Waals surface area contributed by atoms with Crippen LogP contribution in [-0.4, -0.2) is 28.9 Å². The molecule has 1 amide bonds. The molecule has 2 heterocycles. The summed E-state index contributed by atoms with van der Waals surface area (Å²) in [4.78, 5) is 18.2. The predicted octanol–water partition coefficient (Wildman–Crippen LogP) is 2.42. The number of likely N-dealkylation sites (tertiary alicyclic amines) is 1. The molecule has 0 radical (unpaired) electrons. The van der Waals surface area contributed by atoms with E-state index in [1.807, 2.05) is 23.2 Å². The van der Waals surface area contributed by atoms with Gasteiger partial charge in [-0.05, 0) is 30.9 Å². The summed E-state index contributed by atoms with van der Waals surface area (Å²) in [6.07, 6.45) is 10.4. The first-order valence-electron chi connectivity index (χ1n) is 6.94. The van der Waals surface area contributed by atoms with Crippen LogP contribution in [0.2, 0.25) is 0 Å². The number of aryl methyl sites for hydroxylation is 1. The summed E-state index contributed by atoms with van der Waals surface area (Å²) in [6, 6.07) is 3.96. The van der Waals surface area contributed by atoms with E-state index in [4.69, 9.17) is 0 Å². The Balaban J connectivity index is 1.46. The lowest BCUT2D eigenvalue weighted by atomic mass is 9.78. The number of rotatable bonds is 3. The van der Waals surface area contributed by atoms with Crippen molar-refractivity contribution in [2.45, 2.75) is 38.5 Å². The molecule has 1 aromatic rings. The van der Waals surface area contributed by atoms with Crippen LogP contribution < -0.4 is 0 Å². The molecular formula is C15H20N2O. The predicted molar refractivity (Wildman–Crippen MR) is 70.0 cm³/mol. The number of carbonyl (C=O) groups is 1. The lowest BCUT2D eigenvalue weighted by molar-refractivity contribution is -0.143. The highest BCUT2D eigenvalue weighted by Gasteiger charge is 2.46. The smallest absolute Gasteiger partial charge is 0.222 e. The van der Waals surface area contributed by atoms with E-state index in [1.54, 1.807) is 6.20 Å². The monoisotopic (exact) mass is 244 g/mol. The maximum Gasteiger partial charge on any atom is 0.222 e. The average Bonchev–Trinajstić information content (AvgIpc) is 2.85. The second-order valence-electron chi connectivity index (χ2n) is 5.82. The maximum absolute atomic E-state index is 12.0. The largest absolute Gasteiger partial charge is 0.341 e. The summed E-state index contributed by atoms with van der Waals surface area (Å²) < 4.78 is 0. The lowest BCUT2D eigenvalue weighted by Gasteiger charge is -2.48. The van der Waals surface area contributed by atoms with E-state index < -0.39 is 0 Å². The van der Waals surface area contributed by atoms with Crippen molar-refractivity contribution in [2.24, 2.45) is 5.41 Å². The summed E-state index contributed by atoms with van der Waals surface area (Å²) in [5, 5.41) is 0. The van der Waals surface area contributed by atoms with Crippen molar-refractivity contribution < 1.29 is 4.79 Å². The fraction of sp³-hybridized carbons (Fsp3) is 0.600. The molecule has 1 saturated carbocycles. The van der Waals surface area contributed by atoms with Gasteiger partial charge in [0.25, 0.3) is 0 Å². The third kappa shape index (κ3) is 2.26. The minimum absolute atomic E-state index is 0.316. The highest BCUT2D eigenvalue weighted by molar-refractivity contribution is 5.77. The summed E-state index contributed by atoms with van der Waals surface area (Å²) in [6.45, 7) is 2.03. The van der Waals surface area contributed by atoms with Crippen LogP contribution in [0.1, 0.15) is 37.7 Å². The summed E-state index contributed by atoms with van der Waals surface area (Å²) in [5.41, 5.74) is 1.67. The van der Waals surface area contributed by atoms with Crippen molar-refractivity contribution in [1.82, 2.24) is 9.88 Å². The first-order valence-corrected chi connectivity index (χ1v) is 6.94. The van der Waals surface area contributed by atoms with Crippen LogP contribution in [0.3, 0.4) is 0 Å². The minimum atomic E-state index is 0.316. The number of pyridine rings is 1. The molecule has 0 N–H and O–H groups in total. The van der Waals surface area contributed by atoms with Gasteiger partial charge in [-0.1, -0.05) is 18.9 Å². The van der Waals surface area contributed by atoms with Crippen molar-refractivity contribution in [2.75, 3.05) is 13.1 Å². The SMILES string of the molecule is O=C(CCc1cccnc1)N1CC2(CCCC2)C1. The van der Waals surface area contributed by atoms with E-state index in [9.17, 15) is 4.79 Å². The fourth-order valence-corrected chi connectivity index (χ4v) is 3.34. The van der Waals surface area contributed by atoms with Crippen molar-refractivity contribution in [1.29, 1.82) is 0 Å². The normalized spacial score (nSPS) is 21.0. The van der Waals surface area contributed by atoms with Gasteiger partial charge in [0.2, 0.25) is 5.91 Å². The van der Waals surface area contributed by atoms with Crippen LogP contribution in [0.4, 0.5) is 0 Å². The van der Waals surface area contributed by atoms with Crippen molar-refractivity contribution in [3.05, 3.63) is 30.1 Å². The van der Waals surface area contributed by atoms with Crippen LogP contribution in [-0.2, 0) is 11.2 Å². The minimum Gasteiger partial charge on any atom is -0.341 e. The molecule has 2 fully saturated rings. The molecule has 0 unspecified atom stereocenters. The molecule has 1 aromatic heterocycles. The zero-order valence-electron chi connectivity index (χ0n) is 10.8. The van der Waals surface area contributed by atoms with E-state index >= 15 is 0 Å². The number of hydrogen-bond donors (Lipinski definition) is 0. The van der Waals surface area contributed by atoms with E-state index in [1.165, 1.54) is 25.7 Å². The van der Waals surface area contributed by atoms with Gasteiger partial charge in [0.1, 0.15) is 0 Å². The molecule has 1 aliphatic carbocycles. The Bertz CT molecular complexity index is 415. The van der Waals surface area contributed by atoms with Crippen LogP contribution in [0.25, 0.3) is 0 Å². The average molecular weight is 244 g/mol. The number of carbonyl (C=O) groups excluding carboxylic acids is 1. The van der Waals surface area contributed by atoms with Crippen LogP contribution in [0.5, 0.6) is 0 Å². The molecule has 1 aliphatic heterocycles. The topological polar surface area (TPSA) is 33.2 Å². The Morgan fingerprint density at radius 3 is 2.78 bits per heavy atom. The Hall–Kier alpha value is -1.38. The Morgan fingerprint density at radius 1 is 1.33 bits per heavy atom. The van der Waals surface area contributed by atoms with E-state index in [-0.39, 0.29) is 0 Å². The Morgan fingerprint density at radius 2 is 2.11 bits per heavy atom. The van der Waals surface area contributed by atoms with Gasteiger partial charge in [-0.25, -0.2) is 0 Å². The second kappa shape index (κ2) is 4.71. The molecule has 1 saturated heterocycles. The van der Waals surface area contributed by atoms with E-state index in [2.05, 4.69) is 4.98 Å². The maximum atomic E-state index is 12.0. The molecule has 2 aliphatic rings. The van der Waals surface area contributed by atoms with Gasteiger partial charge >= 0.3 is 0 Å². The quantitative estimate of drug-likeness (QED) is 0.818. The van der Waals surface area contributed by atoms with Gasteiger partial charge < -0.3 is 4.90 Å². The van der Waals surface area contributed by atoms with Crippen molar-refractivity contribution >= 4 is 5.91 Å². The standard InChI is InChI=1S/C15H20N2O/c18-14(6-5-13-4-3-9-16-10-13)17-11-15(12-17)7-1-2-8-15/h3-4,9-10H,1-2,5-8,11-12H2. The van der Waals surface area contributed by atoms with Gasteiger partial charge in [-0.15, -0.1) is 0 Å². The Kier molecular flexibility index (Phi) is 3.06. The number of hydrogen-bond acceptors (Lipinski definition) is 2. The molecule has 0 atom stereocenters. The van der Waals surface area contributed by atoms with Crippen molar-refractivity contribution in [3.8, 4) is 0 Å². The third-order valence-electron chi connectivity index (χ3n) is 4.42. The molecule has 3 rings (SSSR count). The van der Waals surface area contributed by atoms with Gasteiger partial charge in [-0.2, -0.15) is 0 Å². The lowest BCUT2D eigenvalue weighted by Crippen LogP contribution is -2.57. The fourth-order valence-electron chi connectivity index (χ4n) is 3.34. The highest BCUT2D eigenvalue weighted by Crippen LogP contribution is 2.45. The summed E-state index contributed by atoms with van der Waals surface area (Å²) in [5.74, 6) is 0.316. The van der Waals surface area contributed by atoms with Gasteiger partial charge in [0.15, 0.2) is 0 Å². The van der Waals surface area contributed by atoms with E-state index in [0.29, 0.717) is 17.7 Å². The molecule has 18 heavy (non-hydrogen) atoms. The van der Waals surface area contributed by atoms with Crippen LogP contribution in [0.15, 0.2) is 24.5 Å².